The lowest BCUT2D eigenvalue weighted by Gasteiger charge is -2.14. The summed E-state index contributed by atoms with van der Waals surface area (Å²) in [4.78, 5) is 0. The van der Waals surface area contributed by atoms with E-state index in [0.29, 0.717) is 12.4 Å². The molecule has 0 radical (unpaired) electrons. The maximum atomic E-state index is 13.1. The summed E-state index contributed by atoms with van der Waals surface area (Å²) in [7, 11) is 0. The quantitative estimate of drug-likeness (QED) is 0.819. The molecule has 0 aliphatic carbocycles. The normalized spacial score (nSPS) is 11.5. The van der Waals surface area contributed by atoms with Gasteiger partial charge in [-0.05, 0) is 30.7 Å². The molecule has 0 unspecified atom stereocenters. The van der Waals surface area contributed by atoms with Gasteiger partial charge in [-0.15, -0.1) is 0 Å². The van der Waals surface area contributed by atoms with Crippen LogP contribution in [0.4, 0.5) is 8.78 Å². The molecule has 2 N–H and O–H groups in total. The van der Waals surface area contributed by atoms with Gasteiger partial charge in [-0.2, -0.15) is 8.78 Å². The summed E-state index contributed by atoms with van der Waals surface area (Å²) in [5, 5.41) is 0. The predicted octanol–water partition coefficient (Wildman–Crippen LogP) is 2.53. The van der Waals surface area contributed by atoms with Crippen LogP contribution in [0.2, 0.25) is 0 Å². The topological polar surface area (TPSA) is 35.2 Å². The second-order valence-corrected chi connectivity index (χ2v) is 3.28. The Labute approximate surface area is 88.0 Å². The molecule has 0 spiro atoms. The van der Waals surface area contributed by atoms with Gasteiger partial charge in [0.25, 0.3) is 5.92 Å². The maximum Gasteiger partial charge on any atom is 0.285 e. The van der Waals surface area contributed by atoms with Crippen molar-refractivity contribution >= 4 is 0 Å². The largest absolute Gasteiger partial charge is 0.494 e. The predicted molar refractivity (Wildman–Crippen MR) is 55.2 cm³/mol. The van der Waals surface area contributed by atoms with Crippen LogP contribution in [0.3, 0.4) is 0 Å². The lowest BCUT2D eigenvalue weighted by Crippen LogP contribution is -2.24. The van der Waals surface area contributed by atoms with E-state index in [1.54, 1.807) is 0 Å². The van der Waals surface area contributed by atoms with Gasteiger partial charge in [-0.3, -0.25) is 0 Å². The summed E-state index contributed by atoms with van der Waals surface area (Å²) in [6, 6.07) is 5.76. The molecule has 0 heterocycles. The van der Waals surface area contributed by atoms with E-state index in [-0.39, 0.29) is 5.56 Å². The molecule has 1 aromatic rings. The Morgan fingerprint density at radius 3 is 2.33 bits per heavy atom. The van der Waals surface area contributed by atoms with Crippen LogP contribution in [-0.4, -0.2) is 13.2 Å². The van der Waals surface area contributed by atoms with E-state index in [9.17, 15) is 8.78 Å². The minimum Gasteiger partial charge on any atom is -0.494 e. The zero-order valence-electron chi connectivity index (χ0n) is 8.67. The molecule has 84 valence electrons. The maximum absolute atomic E-state index is 13.1. The summed E-state index contributed by atoms with van der Waals surface area (Å²) in [6.07, 6.45) is 0.890. The van der Waals surface area contributed by atoms with Crippen molar-refractivity contribution in [3.63, 3.8) is 0 Å². The third-order valence-corrected chi connectivity index (χ3v) is 2.01. The van der Waals surface area contributed by atoms with Gasteiger partial charge in [0, 0.05) is 5.56 Å². The molecule has 0 atom stereocenters. The zero-order chi connectivity index (χ0) is 11.3. The molecule has 0 aliphatic heterocycles. The highest BCUT2D eigenvalue weighted by atomic mass is 19.3. The number of benzene rings is 1. The Morgan fingerprint density at radius 2 is 1.87 bits per heavy atom. The van der Waals surface area contributed by atoms with Crippen molar-refractivity contribution in [3.05, 3.63) is 29.8 Å². The lowest BCUT2D eigenvalue weighted by molar-refractivity contribution is 0.00591. The van der Waals surface area contributed by atoms with Crippen LogP contribution in [0, 0.1) is 0 Å². The summed E-state index contributed by atoms with van der Waals surface area (Å²) in [5.74, 6) is -2.35. The molecule has 0 aliphatic rings. The van der Waals surface area contributed by atoms with Crippen LogP contribution < -0.4 is 10.5 Å². The average molecular weight is 215 g/mol. The first-order valence-electron chi connectivity index (χ1n) is 4.91. The Bertz CT molecular complexity index is 298. The number of rotatable bonds is 5. The molecule has 2 nitrogen and oxygen atoms in total. The van der Waals surface area contributed by atoms with E-state index in [2.05, 4.69) is 0 Å². The van der Waals surface area contributed by atoms with E-state index in [1.807, 2.05) is 6.92 Å². The fourth-order valence-corrected chi connectivity index (χ4v) is 1.13. The van der Waals surface area contributed by atoms with E-state index < -0.39 is 12.5 Å². The van der Waals surface area contributed by atoms with Crippen molar-refractivity contribution < 1.29 is 13.5 Å². The fraction of sp³-hybridized carbons (Fsp3) is 0.455. The van der Waals surface area contributed by atoms with Crippen LogP contribution in [0.5, 0.6) is 5.75 Å². The van der Waals surface area contributed by atoms with Crippen LogP contribution in [0.25, 0.3) is 0 Å². The van der Waals surface area contributed by atoms with Gasteiger partial charge in [0.15, 0.2) is 0 Å². The Balaban J connectivity index is 2.72. The average Bonchev–Trinajstić information content (AvgIpc) is 2.27. The molecule has 15 heavy (non-hydrogen) atoms. The van der Waals surface area contributed by atoms with Crippen LogP contribution in [-0.2, 0) is 5.92 Å². The molecule has 4 heteroatoms. The summed E-state index contributed by atoms with van der Waals surface area (Å²) >= 11 is 0. The summed E-state index contributed by atoms with van der Waals surface area (Å²) in [5.41, 5.74) is 4.90. The van der Waals surface area contributed by atoms with Crippen LogP contribution in [0.1, 0.15) is 18.9 Å². The van der Waals surface area contributed by atoms with Gasteiger partial charge < -0.3 is 10.5 Å². The molecule has 0 fully saturated rings. The third kappa shape index (κ3) is 3.16. The van der Waals surface area contributed by atoms with E-state index in [1.165, 1.54) is 24.3 Å². The minimum absolute atomic E-state index is 0.0751. The molecule has 0 saturated carbocycles. The van der Waals surface area contributed by atoms with Crippen LogP contribution >= 0.6 is 0 Å². The Morgan fingerprint density at radius 1 is 1.27 bits per heavy atom. The van der Waals surface area contributed by atoms with Gasteiger partial charge in [-0.1, -0.05) is 6.92 Å². The van der Waals surface area contributed by atoms with Gasteiger partial charge >= 0.3 is 0 Å². The molecule has 0 amide bonds. The first-order valence-corrected chi connectivity index (χ1v) is 4.91. The molecule has 0 bridgehead atoms. The third-order valence-electron chi connectivity index (χ3n) is 2.01. The second-order valence-electron chi connectivity index (χ2n) is 3.28. The van der Waals surface area contributed by atoms with Gasteiger partial charge in [-0.25, -0.2) is 0 Å². The van der Waals surface area contributed by atoms with Crippen molar-refractivity contribution in [1.82, 2.24) is 0 Å². The van der Waals surface area contributed by atoms with Crippen molar-refractivity contribution in [3.8, 4) is 5.75 Å². The summed E-state index contributed by atoms with van der Waals surface area (Å²) in [6.45, 7) is 1.89. The highest BCUT2D eigenvalue weighted by Gasteiger charge is 2.29. The highest BCUT2D eigenvalue weighted by molar-refractivity contribution is 5.29. The minimum atomic E-state index is -2.96. The number of hydrogen-bond donors (Lipinski definition) is 1. The second kappa shape index (κ2) is 5.07. The highest BCUT2D eigenvalue weighted by Crippen LogP contribution is 2.27. The van der Waals surface area contributed by atoms with E-state index in [4.69, 9.17) is 10.5 Å². The van der Waals surface area contributed by atoms with Crippen molar-refractivity contribution in [2.24, 2.45) is 5.73 Å². The smallest absolute Gasteiger partial charge is 0.285 e. The van der Waals surface area contributed by atoms with Gasteiger partial charge in [0.2, 0.25) is 0 Å². The molecule has 1 rings (SSSR count). The van der Waals surface area contributed by atoms with Crippen LogP contribution in [0.15, 0.2) is 24.3 Å². The molecule has 0 aromatic heterocycles. The van der Waals surface area contributed by atoms with Gasteiger partial charge in [0.1, 0.15) is 5.75 Å². The number of halogens is 2. The number of hydrogen-bond acceptors (Lipinski definition) is 2. The first kappa shape index (κ1) is 11.9. The van der Waals surface area contributed by atoms with Crippen molar-refractivity contribution in [2.45, 2.75) is 19.3 Å². The first-order chi connectivity index (χ1) is 7.10. The van der Waals surface area contributed by atoms with Gasteiger partial charge in [0.05, 0.1) is 13.2 Å². The number of nitrogens with two attached hydrogens (primary N) is 1. The molecule has 0 saturated heterocycles. The Kier molecular flexibility index (Phi) is 4.03. The monoisotopic (exact) mass is 215 g/mol. The summed E-state index contributed by atoms with van der Waals surface area (Å²) < 4.78 is 31.5. The zero-order valence-corrected chi connectivity index (χ0v) is 8.67. The standard InChI is InChI=1S/C11H15F2NO/c1-2-7-15-10-5-3-9(4-6-10)11(12,13)8-14/h3-6H,2,7-8,14H2,1H3. The number of ether oxygens (including phenoxy) is 1. The fourth-order valence-electron chi connectivity index (χ4n) is 1.13. The number of alkyl halides is 2. The van der Waals surface area contributed by atoms with Crippen molar-refractivity contribution in [1.29, 1.82) is 0 Å². The van der Waals surface area contributed by atoms with E-state index in [0.717, 1.165) is 6.42 Å². The SMILES string of the molecule is CCCOc1ccc(C(F)(F)CN)cc1. The molecular formula is C11H15F2NO. The molecular weight excluding hydrogens is 200 g/mol. The molecule has 1 aromatic carbocycles. The van der Waals surface area contributed by atoms with Crippen molar-refractivity contribution in [2.75, 3.05) is 13.2 Å². The van der Waals surface area contributed by atoms with E-state index >= 15 is 0 Å². The Hall–Kier alpha value is -1.16. The lowest BCUT2D eigenvalue weighted by atomic mass is 10.1.